The van der Waals surface area contributed by atoms with Crippen molar-refractivity contribution in [2.45, 2.75) is 13.2 Å². The van der Waals surface area contributed by atoms with E-state index in [1.54, 1.807) is 0 Å². The van der Waals surface area contributed by atoms with Gasteiger partial charge in [-0.2, -0.15) is 0 Å². The average molecular weight is 254 g/mol. The van der Waals surface area contributed by atoms with Crippen molar-refractivity contribution in [2.24, 2.45) is 0 Å². The van der Waals surface area contributed by atoms with Gasteiger partial charge < -0.3 is 20.1 Å². The molecule has 0 aliphatic heterocycles. The summed E-state index contributed by atoms with van der Waals surface area (Å²) in [5.74, 6) is -3.82. The van der Waals surface area contributed by atoms with Crippen molar-refractivity contribution in [2.75, 3.05) is 0 Å². The normalized spacial score (nSPS) is 11.7. The lowest BCUT2D eigenvalue weighted by Gasteiger charge is -2.09. The molecule has 0 bridgehead atoms. The van der Waals surface area contributed by atoms with Crippen LogP contribution in [0.1, 0.15) is 38.0 Å². The standard InChI is InChI=1S/C11H10O7/c1-5(12)18-11(17)7-3-2-6(9(13)14)4-8(7)10(15)16/h2-5,12H,1H3,(H,13,14)(H,15,16). The number of aliphatic hydroxyl groups is 1. The summed E-state index contributed by atoms with van der Waals surface area (Å²) in [6.07, 6.45) is -1.39. The Morgan fingerprint density at radius 3 is 2.17 bits per heavy atom. The van der Waals surface area contributed by atoms with Crippen molar-refractivity contribution in [3.05, 3.63) is 34.9 Å². The van der Waals surface area contributed by atoms with Crippen LogP contribution < -0.4 is 0 Å². The molecule has 1 atom stereocenters. The van der Waals surface area contributed by atoms with Crippen LogP contribution in [0, 0.1) is 0 Å². The van der Waals surface area contributed by atoms with Crippen LogP contribution in [-0.4, -0.2) is 39.5 Å². The Labute approximate surface area is 101 Å². The number of aromatic carboxylic acids is 2. The molecular formula is C11H10O7. The number of carboxylic acid groups (broad SMARTS) is 2. The summed E-state index contributed by atoms with van der Waals surface area (Å²) in [5.41, 5.74) is -1.09. The number of carbonyl (C=O) groups is 3. The zero-order valence-electron chi connectivity index (χ0n) is 9.28. The second-order valence-electron chi connectivity index (χ2n) is 3.38. The SMILES string of the molecule is CC(O)OC(=O)c1ccc(C(=O)O)cc1C(=O)O. The first-order valence-corrected chi connectivity index (χ1v) is 4.82. The number of carbonyl (C=O) groups excluding carboxylic acids is 1. The summed E-state index contributed by atoms with van der Waals surface area (Å²) >= 11 is 0. The van der Waals surface area contributed by atoms with Gasteiger partial charge in [-0.3, -0.25) is 0 Å². The summed E-state index contributed by atoms with van der Waals surface area (Å²) in [6, 6.07) is 2.95. The molecule has 1 aromatic rings. The van der Waals surface area contributed by atoms with E-state index >= 15 is 0 Å². The number of esters is 1. The second kappa shape index (κ2) is 5.28. The van der Waals surface area contributed by atoms with Crippen LogP contribution in [0.25, 0.3) is 0 Å². The number of hydrogen-bond acceptors (Lipinski definition) is 5. The van der Waals surface area contributed by atoms with Gasteiger partial charge in [0.25, 0.3) is 0 Å². The third-order valence-corrected chi connectivity index (χ3v) is 1.99. The number of benzene rings is 1. The fraction of sp³-hybridized carbons (Fsp3) is 0.182. The van der Waals surface area contributed by atoms with E-state index in [0.717, 1.165) is 18.2 Å². The molecule has 0 saturated heterocycles. The van der Waals surface area contributed by atoms with Crippen molar-refractivity contribution in [3.63, 3.8) is 0 Å². The van der Waals surface area contributed by atoms with Crippen molar-refractivity contribution < 1.29 is 34.4 Å². The minimum atomic E-state index is -1.46. The topological polar surface area (TPSA) is 121 Å². The molecule has 0 saturated carbocycles. The Kier molecular flexibility index (Phi) is 4.01. The van der Waals surface area contributed by atoms with Gasteiger partial charge in [-0.1, -0.05) is 0 Å². The van der Waals surface area contributed by atoms with Crippen LogP contribution in [0.4, 0.5) is 0 Å². The van der Waals surface area contributed by atoms with E-state index in [2.05, 4.69) is 4.74 Å². The lowest BCUT2D eigenvalue weighted by Crippen LogP contribution is -2.17. The smallest absolute Gasteiger partial charge is 0.341 e. The minimum Gasteiger partial charge on any atom is -0.478 e. The molecule has 1 rings (SSSR count). The first-order chi connectivity index (χ1) is 8.32. The molecule has 0 heterocycles. The molecular weight excluding hydrogens is 244 g/mol. The first-order valence-electron chi connectivity index (χ1n) is 4.82. The van der Waals surface area contributed by atoms with Gasteiger partial charge in [-0.15, -0.1) is 0 Å². The highest BCUT2D eigenvalue weighted by atomic mass is 16.6. The van der Waals surface area contributed by atoms with Crippen LogP contribution in [0.2, 0.25) is 0 Å². The van der Waals surface area contributed by atoms with Crippen molar-refractivity contribution in [1.82, 2.24) is 0 Å². The maximum Gasteiger partial charge on any atom is 0.341 e. The van der Waals surface area contributed by atoms with Crippen LogP contribution in [-0.2, 0) is 4.74 Å². The molecule has 0 fully saturated rings. The summed E-state index contributed by atoms with van der Waals surface area (Å²) < 4.78 is 4.43. The molecule has 96 valence electrons. The van der Waals surface area contributed by atoms with Gasteiger partial charge in [0, 0.05) is 0 Å². The molecule has 1 unspecified atom stereocenters. The first kappa shape index (κ1) is 13.7. The summed E-state index contributed by atoms with van der Waals surface area (Å²) in [5, 5.41) is 26.5. The van der Waals surface area contributed by atoms with Gasteiger partial charge in [-0.05, 0) is 25.1 Å². The Balaban J connectivity index is 3.23. The predicted octanol–water partition coefficient (Wildman–Crippen LogP) is 0.578. The Morgan fingerprint density at radius 2 is 1.72 bits per heavy atom. The maximum atomic E-state index is 11.5. The largest absolute Gasteiger partial charge is 0.478 e. The molecule has 0 aromatic heterocycles. The fourth-order valence-corrected chi connectivity index (χ4v) is 1.25. The van der Waals surface area contributed by atoms with Crippen LogP contribution >= 0.6 is 0 Å². The number of aliphatic hydroxyl groups excluding tert-OH is 1. The van der Waals surface area contributed by atoms with Crippen molar-refractivity contribution >= 4 is 17.9 Å². The molecule has 0 amide bonds. The van der Waals surface area contributed by atoms with Gasteiger partial charge >= 0.3 is 17.9 Å². The Morgan fingerprint density at radius 1 is 1.11 bits per heavy atom. The van der Waals surface area contributed by atoms with Crippen molar-refractivity contribution in [1.29, 1.82) is 0 Å². The molecule has 0 spiro atoms. The Hall–Kier alpha value is -2.41. The minimum absolute atomic E-state index is 0.263. The van der Waals surface area contributed by atoms with Crippen LogP contribution in [0.5, 0.6) is 0 Å². The van der Waals surface area contributed by atoms with Gasteiger partial charge in [0.05, 0.1) is 16.7 Å². The average Bonchev–Trinajstić information content (AvgIpc) is 2.26. The number of rotatable bonds is 4. The molecule has 7 heteroatoms. The second-order valence-corrected chi connectivity index (χ2v) is 3.38. The van der Waals surface area contributed by atoms with E-state index < -0.39 is 29.8 Å². The lowest BCUT2D eigenvalue weighted by atomic mass is 10.0. The summed E-state index contributed by atoms with van der Waals surface area (Å²) in [7, 11) is 0. The monoisotopic (exact) mass is 254 g/mol. The van der Waals surface area contributed by atoms with E-state index in [1.165, 1.54) is 6.92 Å². The fourth-order valence-electron chi connectivity index (χ4n) is 1.25. The highest BCUT2D eigenvalue weighted by Gasteiger charge is 2.20. The van der Waals surface area contributed by atoms with Crippen LogP contribution in [0.3, 0.4) is 0 Å². The quantitative estimate of drug-likeness (QED) is 0.530. The van der Waals surface area contributed by atoms with E-state index in [-0.39, 0.29) is 11.1 Å². The van der Waals surface area contributed by atoms with Crippen molar-refractivity contribution in [3.8, 4) is 0 Å². The third kappa shape index (κ3) is 3.05. The summed E-state index contributed by atoms with van der Waals surface area (Å²) in [4.78, 5) is 33.1. The van der Waals surface area contributed by atoms with E-state index in [0.29, 0.717) is 0 Å². The van der Waals surface area contributed by atoms with E-state index in [1.807, 2.05) is 0 Å². The molecule has 0 aliphatic rings. The van der Waals surface area contributed by atoms with Gasteiger partial charge in [0.2, 0.25) is 0 Å². The lowest BCUT2D eigenvalue weighted by molar-refractivity contribution is -0.0524. The highest BCUT2D eigenvalue weighted by molar-refractivity contribution is 6.04. The maximum absolute atomic E-state index is 11.5. The van der Waals surface area contributed by atoms with Gasteiger partial charge in [-0.25, -0.2) is 14.4 Å². The van der Waals surface area contributed by atoms with E-state index in [9.17, 15) is 14.4 Å². The molecule has 0 aliphatic carbocycles. The van der Waals surface area contributed by atoms with Crippen LogP contribution in [0.15, 0.2) is 18.2 Å². The zero-order valence-corrected chi connectivity index (χ0v) is 9.28. The highest BCUT2D eigenvalue weighted by Crippen LogP contribution is 2.14. The van der Waals surface area contributed by atoms with Gasteiger partial charge in [0.1, 0.15) is 0 Å². The van der Waals surface area contributed by atoms with E-state index in [4.69, 9.17) is 15.3 Å². The molecule has 7 nitrogen and oxygen atoms in total. The third-order valence-electron chi connectivity index (χ3n) is 1.99. The predicted molar refractivity (Wildman–Crippen MR) is 57.5 cm³/mol. The number of hydrogen-bond donors (Lipinski definition) is 3. The molecule has 18 heavy (non-hydrogen) atoms. The molecule has 3 N–H and O–H groups in total. The van der Waals surface area contributed by atoms with Gasteiger partial charge in [0.15, 0.2) is 6.29 Å². The summed E-state index contributed by atoms with van der Waals surface area (Å²) in [6.45, 7) is 1.18. The Bertz CT molecular complexity index is 504. The number of carboxylic acids is 2. The molecule has 1 aromatic carbocycles. The molecule has 0 radical (unpaired) electrons. The zero-order chi connectivity index (χ0) is 13.9. The number of ether oxygens (including phenoxy) is 1.